The number of nitrogens with zero attached hydrogens (tertiary/aromatic N) is 3. The van der Waals surface area contributed by atoms with Crippen LogP contribution in [0.2, 0.25) is 0 Å². The third kappa shape index (κ3) is 3.64. The van der Waals surface area contributed by atoms with Crippen LogP contribution in [0.25, 0.3) is 22.3 Å². The van der Waals surface area contributed by atoms with Crippen LogP contribution in [0.1, 0.15) is 22.5 Å². The van der Waals surface area contributed by atoms with E-state index >= 15 is 0 Å². The minimum Gasteiger partial charge on any atom is -0.456 e. The summed E-state index contributed by atoms with van der Waals surface area (Å²) in [5, 5.41) is 6.36. The van der Waals surface area contributed by atoms with Crippen LogP contribution < -0.4 is 10.8 Å². The number of benzene rings is 2. The smallest absolute Gasteiger partial charge is 0.243 e. The van der Waals surface area contributed by atoms with E-state index in [1.807, 2.05) is 56.3 Å². The van der Waals surface area contributed by atoms with Gasteiger partial charge in [0.25, 0.3) is 0 Å². The van der Waals surface area contributed by atoms with E-state index in [2.05, 4.69) is 46.5 Å². The van der Waals surface area contributed by atoms with Gasteiger partial charge in [-0.1, -0.05) is 36.4 Å². The molecule has 0 spiro atoms. The molecule has 0 radical (unpaired) electrons. The molecule has 28 heavy (non-hydrogen) atoms. The number of aryl methyl sites for hydroxylation is 4. The van der Waals surface area contributed by atoms with E-state index in [0.717, 1.165) is 50.2 Å². The third-order valence-corrected chi connectivity index (χ3v) is 4.49. The third-order valence-electron chi connectivity index (χ3n) is 4.49. The summed E-state index contributed by atoms with van der Waals surface area (Å²) in [7, 11) is 0. The van der Waals surface area contributed by atoms with Crippen LogP contribution in [-0.4, -0.2) is 9.97 Å². The summed E-state index contributed by atoms with van der Waals surface area (Å²) in [5.41, 5.74) is 8.88. The summed E-state index contributed by atoms with van der Waals surface area (Å²) < 4.78 is 6.25. The molecule has 5 nitrogen and oxygen atoms in total. The number of fused-ring (bicyclic) bond motifs is 1. The van der Waals surface area contributed by atoms with Gasteiger partial charge in [-0.05, 0) is 51.0 Å². The highest BCUT2D eigenvalue weighted by molar-refractivity contribution is 5.82. The fraction of sp³-hybridized carbons (Fsp3) is 0.174. The number of nitrogens with one attached hydrogen (secondary N) is 1. The molecule has 0 bridgehead atoms. The predicted octanol–water partition coefficient (Wildman–Crippen LogP) is 5.05. The zero-order valence-electron chi connectivity index (χ0n) is 16.4. The van der Waals surface area contributed by atoms with Crippen LogP contribution in [0.3, 0.4) is 0 Å². The van der Waals surface area contributed by atoms with Crippen LogP contribution in [0.4, 0.5) is 5.95 Å². The molecule has 4 rings (SSSR count). The summed E-state index contributed by atoms with van der Waals surface area (Å²) in [5.74, 6) is 1.25. The van der Waals surface area contributed by atoms with Crippen LogP contribution in [-0.2, 0) is 0 Å². The van der Waals surface area contributed by atoms with Crippen molar-refractivity contribution in [3.8, 4) is 11.3 Å². The van der Waals surface area contributed by atoms with Crippen molar-refractivity contribution in [2.45, 2.75) is 27.7 Å². The first-order valence-corrected chi connectivity index (χ1v) is 9.22. The lowest BCUT2D eigenvalue weighted by atomic mass is 10.1. The lowest BCUT2D eigenvalue weighted by molar-refractivity contribution is 0.615. The average Bonchev–Trinajstić information content (AvgIpc) is 2.66. The van der Waals surface area contributed by atoms with Gasteiger partial charge in [-0.2, -0.15) is 5.10 Å². The molecule has 2 aromatic heterocycles. The van der Waals surface area contributed by atoms with Crippen LogP contribution in [0, 0.1) is 27.7 Å². The highest BCUT2D eigenvalue weighted by Gasteiger charge is 2.09. The molecule has 0 aliphatic rings. The summed E-state index contributed by atoms with van der Waals surface area (Å²) in [6.45, 7) is 8.01. The lowest BCUT2D eigenvalue weighted by Crippen LogP contribution is -2.10. The minimum atomic E-state index is 0.483. The summed E-state index contributed by atoms with van der Waals surface area (Å²) in [4.78, 5) is 8.81. The van der Waals surface area contributed by atoms with Gasteiger partial charge in [-0.3, -0.25) is 0 Å². The topological polar surface area (TPSA) is 63.3 Å². The molecule has 2 heterocycles. The molecule has 4 aromatic rings. The van der Waals surface area contributed by atoms with Gasteiger partial charge in [-0.25, -0.2) is 15.4 Å². The van der Waals surface area contributed by atoms with E-state index in [1.165, 1.54) is 0 Å². The Morgan fingerprint density at radius 1 is 0.857 bits per heavy atom. The number of rotatable bonds is 3. The van der Waals surface area contributed by atoms with Crippen LogP contribution in [0.5, 0.6) is 0 Å². The molecule has 140 valence electrons. The Morgan fingerprint density at radius 2 is 1.57 bits per heavy atom. The highest BCUT2D eigenvalue weighted by Crippen LogP contribution is 2.25. The van der Waals surface area contributed by atoms with Gasteiger partial charge in [0.15, 0.2) is 0 Å². The molecule has 0 atom stereocenters. The Kier molecular flexibility index (Phi) is 4.65. The average molecular weight is 370 g/mol. The molecule has 2 aromatic carbocycles. The van der Waals surface area contributed by atoms with Gasteiger partial charge in [0.2, 0.25) is 5.95 Å². The number of anilines is 1. The maximum Gasteiger partial charge on any atom is 0.243 e. The molecule has 0 saturated heterocycles. The first kappa shape index (κ1) is 17.9. The van der Waals surface area contributed by atoms with Crippen LogP contribution >= 0.6 is 0 Å². The fourth-order valence-corrected chi connectivity index (χ4v) is 3.34. The monoisotopic (exact) mass is 370 g/mol. The molecule has 0 fully saturated rings. The lowest BCUT2D eigenvalue weighted by Gasteiger charge is -2.08. The molecule has 0 aliphatic heterocycles. The van der Waals surface area contributed by atoms with Gasteiger partial charge in [0.05, 0.1) is 5.36 Å². The summed E-state index contributed by atoms with van der Waals surface area (Å²) in [6, 6.07) is 18.1. The van der Waals surface area contributed by atoms with E-state index in [0.29, 0.717) is 5.95 Å². The Labute approximate surface area is 163 Å². The van der Waals surface area contributed by atoms with E-state index in [9.17, 15) is 0 Å². The predicted molar refractivity (Wildman–Crippen MR) is 112 cm³/mol. The molecule has 0 amide bonds. The van der Waals surface area contributed by atoms with Crippen molar-refractivity contribution in [1.82, 2.24) is 9.97 Å². The Balaban J connectivity index is 1.92. The van der Waals surface area contributed by atoms with Crippen molar-refractivity contribution in [2.75, 3.05) is 5.43 Å². The quantitative estimate of drug-likeness (QED) is 0.513. The van der Waals surface area contributed by atoms with Gasteiger partial charge < -0.3 is 4.42 Å². The van der Waals surface area contributed by atoms with E-state index in [4.69, 9.17) is 4.42 Å². The van der Waals surface area contributed by atoms with Crippen molar-refractivity contribution >= 4 is 16.9 Å². The Morgan fingerprint density at radius 3 is 2.29 bits per heavy atom. The first-order valence-electron chi connectivity index (χ1n) is 9.22. The highest BCUT2D eigenvalue weighted by atomic mass is 16.3. The standard InChI is InChI=1S/C23H22N4O/c1-14-10-15(2)22-19(11-14)20(13-21(28-22)18-8-6-5-7-9-18)26-27-23-24-16(3)12-17(4)25-23/h5-13H,1-4H3,(H,24,25,27)/b26-20+. The van der Waals surface area contributed by atoms with Crippen molar-refractivity contribution in [2.24, 2.45) is 5.10 Å². The van der Waals surface area contributed by atoms with Crippen molar-refractivity contribution in [3.05, 3.63) is 82.5 Å². The molecule has 0 aliphatic carbocycles. The fourth-order valence-electron chi connectivity index (χ4n) is 3.34. The van der Waals surface area contributed by atoms with Crippen molar-refractivity contribution < 1.29 is 4.42 Å². The summed E-state index contributed by atoms with van der Waals surface area (Å²) in [6.07, 6.45) is 0. The SMILES string of the molecule is Cc1cc(C)c2oc(-c3ccccc3)c/c(=N\Nc3nc(C)cc(C)n3)c2c1. The maximum absolute atomic E-state index is 6.25. The second-order valence-electron chi connectivity index (χ2n) is 7.02. The molecule has 0 saturated carbocycles. The second-order valence-corrected chi connectivity index (χ2v) is 7.02. The first-order chi connectivity index (χ1) is 13.5. The van der Waals surface area contributed by atoms with E-state index in [1.54, 1.807) is 0 Å². The number of aromatic nitrogens is 2. The number of hydrogen-bond acceptors (Lipinski definition) is 5. The summed E-state index contributed by atoms with van der Waals surface area (Å²) >= 11 is 0. The van der Waals surface area contributed by atoms with Gasteiger partial charge >= 0.3 is 0 Å². The van der Waals surface area contributed by atoms with Crippen molar-refractivity contribution in [3.63, 3.8) is 0 Å². The second kappa shape index (κ2) is 7.27. The molecule has 5 heteroatoms. The normalized spacial score (nSPS) is 11.8. The largest absolute Gasteiger partial charge is 0.456 e. The van der Waals surface area contributed by atoms with Crippen molar-refractivity contribution in [1.29, 1.82) is 0 Å². The zero-order valence-corrected chi connectivity index (χ0v) is 16.4. The van der Waals surface area contributed by atoms with Gasteiger partial charge in [-0.15, -0.1) is 0 Å². The molecular weight excluding hydrogens is 348 g/mol. The van der Waals surface area contributed by atoms with E-state index in [-0.39, 0.29) is 0 Å². The zero-order chi connectivity index (χ0) is 19.7. The molecule has 0 unspecified atom stereocenters. The Hall–Kier alpha value is -3.47. The van der Waals surface area contributed by atoms with Gasteiger partial charge in [0.1, 0.15) is 11.3 Å². The van der Waals surface area contributed by atoms with Gasteiger partial charge in [0, 0.05) is 28.4 Å². The Bertz CT molecular complexity index is 1210. The maximum atomic E-state index is 6.25. The minimum absolute atomic E-state index is 0.483. The van der Waals surface area contributed by atoms with Crippen LogP contribution in [0.15, 0.2) is 64.1 Å². The molecular formula is C23H22N4O. The molecule has 1 N–H and O–H groups in total. The van der Waals surface area contributed by atoms with E-state index < -0.39 is 0 Å². The number of hydrogen-bond donors (Lipinski definition) is 1.